The Labute approximate surface area is 186 Å². The van der Waals surface area contributed by atoms with Crippen molar-refractivity contribution in [3.63, 3.8) is 0 Å². The molecule has 1 aliphatic heterocycles. The van der Waals surface area contributed by atoms with Crippen molar-refractivity contribution in [2.24, 2.45) is 0 Å². The van der Waals surface area contributed by atoms with Crippen molar-refractivity contribution in [1.29, 1.82) is 0 Å². The Morgan fingerprint density at radius 3 is 2.66 bits per heavy atom. The third kappa shape index (κ3) is 5.15. The van der Waals surface area contributed by atoms with Crippen LogP contribution in [0.1, 0.15) is 18.0 Å². The third-order valence-electron chi connectivity index (χ3n) is 5.79. The van der Waals surface area contributed by atoms with E-state index in [1.165, 1.54) is 10.9 Å². The number of ether oxygens (including phenoxy) is 2. The summed E-state index contributed by atoms with van der Waals surface area (Å²) in [4.78, 5) is 31.8. The van der Waals surface area contributed by atoms with E-state index in [2.05, 4.69) is 15.2 Å². The zero-order valence-electron chi connectivity index (χ0n) is 18.2. The van der Waals surface area contributed by atoms with Gasteiger partial charge in [-0.25, -0.2) is 4.98 Å². The zero-order valence-corrected chi connectivity index (χ0v) is 18.2. The van der Waals surface area contributed by atoms with Gasteiger partial charge in [0.05, 0.1) is 43.6 Å². The van der Waals surface area contributed by atoms with Crippen LogP contribution in [0, 0.1) is 0 Å². The van der Waals surface area contributed by atoms with Crippen molar-refractivity contribution < 1.29 is 14.3 Å². The second-order valence-corrected chi connectivity index (χ2v) is 7.75. The molecule has 0 unspecified atom stereocenters. The fourth-order valence-electron chi connectivity index (χ4n) is 3.96. The maximum absolute atomic E-state index is 12.6. The van der Waals surface area contributed by atoms with E-state index >= 15 is 0 Å². The summed E-state index contributed by atoms with van der Waals surface area (Å²) >= 11 is 0. The standard InChI is InChI=1S/C24H28N4O4/c1-31-19-8-6-18(7-9-19)22(27-12-14-32-15-13-27)16-25-23(29)10-11-28-17-26-21-5-3-2-4-20(21)24(28)30/h2-9,17,22H,10-16H2,1H3,(H,25,29)/t22-/m1/s1. The van der Waals surface area contributed by atoms with E-state index in [9.17, 15) is 9.59 Å². The molecule has 1 atom stereocenters. The van der Waals surface area contributed by atoms with E-state index < -0.39 is 0 Å². The van der Waals surface area contributed by atoms with Gasteiger partial charge in [-0.3, -0.25) is 19.1 Å². The van der Waals surface area contributed by atoms with Crippen LogP contribution >= 0.6 is 0 Å². The van der Waals surface area contributed by atoms with Crippen LogP contribution < -0.4 is 15.6 Å². The smallest absolute Gasteiger partial charge is 0.261 e. The summed E-state index contributed by atoms with van der Waals surface area (Å²) in [6.07, 6.45) is 1.71. The molecule has 0 aliphatic carbocycles. The monoisotopic (exact) mass is 436 g/mol. The van der Waals surface area contributed by atoms with Crippen LogP contribution in [0.2, 0.25) is 0 Å². The number of nitrogens with one attached hydrogen (secondary N) is 1. The van der Waals surface area contributed by atoms with Gasteiger partial charge in [0.1, 0.15) is 5.75 Å². The summed E-state index contributed by atoms with van der Waals surface area (Å²) in [5.74, 6) is 0.699. The largest absolute Gasteiger partial charge is 0.497 e. The molecule has 1 amide bonds. The Balaban J connectivity index is 1.39. The van der Waals surface area contributed by atoms with Gasteiger partial charge in [0.15, 0.2) is 0 Å². The van der Waals surface area contributed by atoms with Crippen LogP contribution in [0.3, 0.4) is 0 Å². The molecule has 8 heteroatoms. The quantitative estimate of drug-likeness (QED) is 0.581. The average molecular weight is 437 g/mol. The van der Waals surface area contributed by atoms with Crippen LogP contribution in [0.25, 0.3) is 10.9 Å². The van der Waals surface area contributed by atoms with E-state index in [0.29, 0.717) is 30.7 Å². The molecular weight excluding hydrogens is 408 g/mol. The number of aromatic nitrogens is 2. The molecule has 1 fully saturated rings. The Hall–Kier alpha value is -3.23. The minimum atomic E-state index is -0.132. The highest BCUT2D eigenvalue weighted by molar-refractivity contribution is 5.77. The van der Waals surface area contributed by atoms with Crippen molar-refractivity contribution in [3.8, 4) is 5.75 Å². The van der Waals surface area contributed by atoms with Gasteiger partial charge in [0.25, 0.3) is 5.56 Å². The van der Waals surface area contributed by atoms with Crippen molar-refractivity contribution in [2.75, 3.05) is 40.0 Å². The molecule has 1 saturated heterocycles. The first kappa shape index (κ1) is 22.0. The second kappa shape index (κ2) is 10.4. The van der Waals surface area contributed by atoms with Gasteiger partial charge in [0, 0.05) is 32.6 Å². The van der Waals surface area contributed by atoms with Crippen LogP contribution in [0.5, 0.6) is 5.75 Å². The number of para-hydroxylation sites is 1. The number of hydrogen-bond acceptors (Lipinski definition) is 6. The number of nitrogens with zero attached hydrogens (tertiary/aromatic N) is 3. The summed E-state index contributed by atoms with van der Waals surface area (Å²) in [7, 11) is 1.64. The van der Waals surface area contributed by atoms with Gasteiger partial charge in [0.2, 0.25) is 5.91 Å². The average Bonchev–Trinajstić information content (AvgIpc) is 2.85. The number of morpholine rings is 1. The highest BCUT2D eigenvalue weighted by Gasteiger charge is 2.23. The molecule has 0 saturated carbocycles. The van der Waals surface area contributed by atoms with E-state index in [-0.39, 0.29) is 30.5 Å². The van der Waals surface area contributed by atoms with Crippen molar-refractivity contribution in [1.82, 2.24) is 19.8 Å². The third-order valence-corrected chi connectivity index (χ3v) is 5.79. The summed E-state index contributed by atoms with van der Waals surface area (Å²) in [5, 5.41) is 3.60. The van der Waals surface area contributed by atoms with Crippen molar-refractivity contribution in [2.45, 2.75) is 19.0 Å². The number of benzene rings is 2. The molecule has 4 rings (SSSR count). The molecule has 1 N–H and O–H groups in total. The SMILES string of the molecule is COc1ccc([C@@H](CNC(=O)CCn2cnc3ccccc3c2=O)N2CCOCC2)cc1. The molecule has 1 aliphatic rings. The molecule has 168 valence electrons. The maximum Gasteiger partial charge on any atom is 0.261 e. The highest BCUT2D eigenvalue weighted by atomic mass is 16.5. The van der Waals surface area contributed by atoms with Gasteiger partial charge in [-0.2, -0.15) is 0 Å². The number of fused-ring (bicyclic) bond motifs is 1. The van der Waals surface area contributed by atoms with Crippen LogP contribution in [-0.4, -0.2) is 60.3 Å². The fraction of sp³-hybridized carbons (Fsp3) is 0.375. The lowest BCUT2D eigenvalue weighted by atomic mass is 10.0. The number of amides is 1. The lowest BCUT2D eigenvalue weighted by molar-refractivity contribution is -0.121. The molecule has 32 heavy (non-hydrogen) atoms. The van der Waals surface area contributed by atoms with Gasteiger partial charge >= 0.3 is 0 Å². The maximum atomic E-state index is 12.6. The summed E-state index contributed by atoms with van der Waals surface area (Å²) in [6.45, 7) is 3.75. The van der Waals surface area contributed by atoms with Gasteiger partial charge in [-0.1, -0.05) is 24.3 Å². The lowest BCUT2D eigenvalue weighted by Gasteiger charge is -2.35. The minimum absolute atomic E-state index is 0.0406. The molecule has 2 heterocycles. The first-order valence-electron chi connectivity index (χ1n) is 10.8. The normalized spacial score (nSPS) is 15.4. The molecule has 0 bridgehead atoms. The predicted octanol–water partition coefficient (Wildman–Crippen LogP) is 1.98. The number of carbonyl (C=O) groups excluding carboxylic acids is 1. The van der Waals surface area contributed by atoms with Crippen LogP contribution in [0.15, 0.2) is 59.7 Å². The fourth-order valence-corrected chi connectivity index (χ4v) is 3.96. The van der Waals surface area contributed by atoms with Crippen LogP contribution in [0.4, 0.5) is 0 Å². The Morgan fingerprint density at radius 2 is 1.91 bits per heavy atom. The Kier molecular flexibility index (Phi) is 7.14. The first-order chi connectivity index (χ1) is 15.7. The molecule has 0 spiro atoms. The summed E-state index contributed by atoms with van der Waals surface area (Å²) in [6, 6.07) is 15.2. The molecule has 3 aromatic rings. The number of rotatable bonds is 8. The number of aryl methyl sites for hydroxylation is 1. The topological polar surface area (TPSA) is 85.7 Å². The predicted molar refractivity (Wildman–Crippen MR) is 122 cm³/mol. The Morgan fingerprint density at radius 1 is 1.16 bits per heavy atom. The van der Waals surface area contributed by atoms with E-state index in [1.807, 2.05) is 36.4 Å². The molecule has 2 aromatic carbocycles. The van der Waals surface area contributed by atoms with E-state index in [0.717, 1.165) is 24.4 Å². The number of hydrogen-bond donors (Lipinski definition) is 1. The van der Waals surface area contributed by atoms with E-state index in [1.54, 1.807) is 19.2 Å². The van der Waals surface area contributed by atoms with Gasteiger partial charge in [-0.05, 0) is 29.8 Å². The molecule has 0 radical (unpaired) electrons. The van der Waals surface area contributed by atoms with Crippen molar-refractivity contribution >= 4 is 16.8 Å². The lowest BCUT2D eigenvalue weighted by Crippen LogP contribution is -2.44. The highest BCUT2D eigenvalue weighted by Crippen LogP contribution is 2.23. The summed E-state index contributed by atoms with van der Waals surface area (Å²) in [5.41, 5.74) is 1.64. The van der Waals surface area contributed by atoms with Crippen molar-refractivity contribution in [3.05, 3.63) is 70.8 Å². The number of carbonyl (C=O) groups is 1. The molecule has 1 aromatic heterocycles. The molecule has 8 nitrogen and oxygen atoms in total. The molecular formula is C24H28N4O4. The zero-order chi connectivity index (χ0) is 22.3. The number of methoxy groups -OCH3 is 1. The van der Waals surface area contributed by atoms with Crippen LogP contribution in [-0.2, 0) is 16.1 Å². The first-order valence-corrected chi connectivity index (χ1v) is 10.8. The van der Waals surface area contributed by atoms with Gasteiger partial charge < -0.3 is 14.8 Å². The summed E-state index contributed by atoms with van der Waals surface area (Å²) < 4.78 is 12.2. The minimum Gasteiger partial charge on any atom is -0.497 e. The van der Waals surface area contributed by atoms with E-state index in [4.69, 9.17) is 9.47 Å². The second-order valence-electron chi connectivity index (χ2n) is 7.75. The van der Waals surface area contributed by atoms with Gasteiger partial charge in [-0.15, -0.1) is 0 Å². The Bertz CT molecular complexity index is 1110.